The molecule has 0 amide bonds. The zero-order valence-electron chi connectivity index (χ0n) is 9.55. The SMILES string of the molecule is OCCCC1CCCN1Cc1cnccn1. The van der Waals surface area contributed by atoms with E-state index in [9.17, 15) is 0 Å². The van der Waals surface area contributed by atoms with Crippen molar-refractivity contribution in [3.63, 3.8) is 0 Å². The molecule has 1 aliphatic rings. The molecule has 0 radical (unpaired) electrons. The molecule has 0 bridgehead atoms. The number of rotatable bonds is 5. The second kappa shape index (κ2) is 5.92. The van der Waals surface area contributed by atoms with Gasteiger partial charge in [-0.1, -0.05) is 0 Å². The van der Waals surface area contributed by atoms with Crippen LogP contribution >= 0.6 is 0 Å². The van der Waals surface area contributed by atoms with E-state index in [0.717, 1.165) is 31.6 Å². The average molecular weight is 221 g/mol. The molecule has 1 aliphatic heterocycles. The lowest BCUT2D eigenvalue weighted by molar-refractivity contribution is 0.208. The zero-order valence-corrected chi connectivity index (χ0v) is 9.55. The van der Waals surface area contributed by atoms with Gasteiger partial charge in [0.15, 0.2) is 0 Å². The molecular weight excluding hydrogens is 202 g/mol. The summed E-state index contributed by atoms with van der Waals surface area (Å²) in [4.78, 5) is 10.8. The van der Waals surface area contributed by atoms with Gasteiger partial charge in [0.25, 0.3) is 0 Å². The van der Waals surface area contributed by atoms with Crippen molar-refractivity contribution in [2.75, 3.05) is 13.2 Å². The Morgan fingerprint density at radius 2 is 2.38 bits per heavy atom. The molecule has 0 spiro atoms. The first kappa shape index (κ1) is 11.5. The minimum absolute atomic E-state index is 0.301. The van der Waals surface area contributed by atoms with Crippen molar-refractivity contribution in [3.8, 4) is 0 Å². The number of aromatic nitrogens is 2. The first-order valence-electron chi connectivity index (χ1n) is 6.00. The lowest BCUT2D eigenvalue weighted by Gasteiger charge is -2.23. The van der Waals surface area contributed by atoms with Gasteiger partial charge in [0.2, 0.25) is 0 Å². The van der Waals surface area contributed by atoms with Crippen LogP contribution in [0.4, 0.5) is 0 Å². The van der Waals surface area contributed by atoms with Crippen LogP contribution in [-0.2, 0) is 6.54 Å². The summed E-state index contributed by atoms with van der Waals surface area (Å²) >= 11 is 0. The normalized spacial score (nSPS) is 21.4. The van der Waals surface area contributed by atoms with E-state index in [1.165, 1.54) is 12.8 Å². The van der Waals surface area contributed by atoms with Gasteiger partial charge in [-0.15, -0.1) is 0 Å². The molecule has 0 aliphatic carbocycles. The maximum absolute atomic E-state index is 8.86. The number of aliphatic hydroxyl groups excluding tert-OH is 1. The van der Waals surface area contributed by atoms with Crippen LogP contribution in [0.15, 0.2) is 18.6 Å². The van der Waals surface area contributed by atoms with E-state index in [-0.39, 0.29) is 0 Å². The number of hydrogen-bond donors (Lipinski definition) is 1. The van der Waals surface area contributed by atoms with Gasteiger partial charge in [-0.05, 0) is 32.2 Å². The number of nitrogens with zero attached hydrogens (tertiary/aromatic N) is 3. The highest BCUT2D eigenvalue weighted by atomic mass is 16.2. The van der Waals surface area contributed by atoms with Crippen LogP contribution in [-0.4, -0.2) is 39.2 Å². The summed E-state index contributed by atoms with van der Waals surface area (Å²) in [6, 6.07) is 0.620. The topological polar surface area (TPSA) is 49.2 Å². The van der Waals surface area contributed by atoms with Crippen LogP contribution in [0, 0.1) is 0 Å². The Morgan fingerprint density at radius 3 is 3.12 bits per heavy atom. The van der Waals surface area contributed by atoms with E-state index >= 15 is 0 Å². The third-order valence-electron chi connectivity index (χ3n) is 3.18. The molecule has 4 heteroatoms. The molecule has 1 aromatic rings. The van der Waals surface area contributed by atoms with Gasteiger partial charge in [-0.2, -0.15) is 0 Å². The van der Waals surface area contributed by atoms with Crippen LogP contribution in [0.25, 0.3) is 0 Å². The van der Waals surface area contributed by atoms with E-state index < -0.39 is 0 Å². The Kier molecular flexibility index (Phi) is 4.25. The summed E-state index contributed by atoms with van der Waals surface area (Å²) in [6.07, 6.45) is 9.79. The predicted molar refractivity (Wildman–Crippen MR) is 61.8 cm³/mol. The van der Waals surface area contributed by atoms with Gasteiger partial charge < -0.3 is 5.11 Å². The third kappa shape index (κ3) is 3.00. The van der Waals surface area contributed by atoms with Crippen molar-refractivity contribution in [2.45, 2.75) is 38.3 Å². The highest BCUT2D eigenvalue weighted by Gasteiger charge is 2.23. The fraction of sp³-hybridized carbons (Fsp3) is 0.667. The smallest absolute Gasteiger partial charge is 0.0726 e. The second-order valence-corrected chi connectivity index (χ2v) is 4.33. The van der Waals surface area contributed by atoms with E-state index in [1.54, 1.807) is 12.4 Å². The fourth-order valence-corrected chi connectivity index (χ4v) is 2.38. The first-order valence-corrected chi connectivity index (χ1v) is 6.00. The van der Waals surface area contributed by atoms with Crippen LogP contribution < -0.4 is 0 Å². The summed E-state index contributed by atoms with van der Waals surface area (Å²) in [5.41, 5.74) is 1.04. The van der Waals surface area contributed by atoms with Gasteiger partial charge in [0, 0.05) is 37.8 Å². The summed E-state index contributed by atoms with van der Waals surface area (Å²) in [7, 11) is 0. The van der Waals surface area contributed by atoms with Crippen molar-refractivity contribution in [2.24, 2.45) is 0 Å². The minimum Gasteiger partial charge on any atom is -0.396 e. The Bertz CT molecular complexity index is 304. The molecule has 1 fully saturated rings. The Hall–Kier alpha value is -1.00. The van der Waals surface area contributed by atoms with Crippen molar-refractivity contribution in [1.29, 1.82) is 0 Å². The maximum Gasteiger partial charge on any atom is 0.0726 e. The van der Waals surface area contributed by atoms with Crippen LogP contribution in [0.1, 0.15) is 31.4 Å². The molecular formula is C12H19N3O. The monoisotopic (exact) mass is 221 g/mol. The molecule has 0 aromatic carbocycles. The molecule has 1 atom stereocenters. The highest BCUT2D eigenvalue weighted by molar-refractivity contribution is 4.96. The van der Waals surface area contributed by atoms with Crippen molar-refractivity contribution >= 4 is 0 Å². The number of likely N-dealkylation sites (tertiary alicyclic amines) is 1. The van der Waals surface area contributed by atoms with Crippen molar-refractivity contribution in [3.05, 3.63) is 24.3 Å². The van der Waals surface area contributed by atoms with E-state index in [2.05, 4.69) is 14.9 Å². The molecule has 88 valence electrons. The van der Waals surface area contributed by atoms with Gasteiger partial charge >= 0.3 is 0 Å². The highest BCUT2D eigenvalue weighted by Crippen LogP contribution is 2.22. The molecule has 4 nitrogen and oxygen atoms in total. The van der Waals surface area contributed by atoms with Crippen LogP contribution in [0.2, 0.25) is 0 Å². The zero-order chi connectivity index (χ0) is 11.2. The van der Waals surface area contributed by atoms with Gasteiger partial charge in [-0.25, -0.2) is 0 Å². The summed E-state index contributed by atoms with van der Waals surface area (Å²) < 4.78 is 0. The number of aliphatic hydroxyl groups is 1. The molecule has 1 aromatic heterocycles. The molecule has 0 saturated carbocycles. The van der Waals surface area contributed by atoms with E-state index in [0.29, 0.717) is 12.6 Å². The molecule has 2 heterocycles. The maximum atomic E-state index is 8.86. The van der Waals surface area contributed by atoms with Crippen LogP contribution in [0.3, 0.4) is 0 Å². The van der Waals surface area contributed by atoms with Gasteiger partial charge in [-0.3, -0.25) is 14.9 Å². The van der Waals surface area contributed by atoms with Crippen LogP contribution in [0.5, 0.6) is 0 Å². The molecule has 2 rings (SSSR count). The Labute approximate surface area is 96.3 Å². The Morgan fingerprint density at radius 1 is 1.44 bits per heavy atom. The van der Waals surface area contributed by atoms with Gasteiger partial charge in [0.05, 0.1) is 5.69 Å². The van der Waals surface area contributed by atoms with Crippen molar-refractivity contribution < 1.29 is 5.11 Å². The lowest BCUT2D eigenvalue weighted by Crippen LogP contribution is -2.29. The van der Waals surface area contributed by atoms with Crippen molar-refractivity contribution in [1.82, 2.24) is 14.9 Å². The second-order valence-electron chi connectivity index (χ2n) is 4.33. The lowest BCUT2D eigenvalue weighted by atomic mass is 10.1. The molecule has 1 saturated heterocycles. The largest absolute Gasteiger partial charge is 0.396 e. The summed E-state index contributed by atoms with van der Waals surface area (Å²) in [6.45, 7) is 2.34. The quantitative estimate of drug-likeness (QED) is 0.812. The summed E-state index contributed by atoms with van der Waals surface area (Å²) in [5.74, 6) is 0. The van der Waals surface area contributed by atoms with Gasteiger partial charge in [0.1, 0.15) is 0 Å². The van der Waals surface area contributed by atoms with E-state index in [1.807, 2.05) is 6.20 Å². The fourth-order valence-electron chi connectivity index (χ4n) is 2.38. The standard InChI is InChI=1S/C12H19N3O/c16-8-2-4-12-3-1-7-15(12)10-11-9-13-5-6-14-11/h5-6,9,12,16H,1-4,7-8,10H2. The molecule has 1 unspecified atom stereocenters. The van der Waals surface area contributed by atoms with E-state index in [4.69, 9.17) is 5.11 Å². The predicted octanol–water partition coefficient (Wildman–Crippen LogP) is 1.21. The molecule has 16 heavy (non-hydrogen) atoms. The Balaban J connectivity index is 1.88. The first-order chi connectivity index (χ1) is 7.90. The average Bonchev–Trinajstić information content (AvgIpc) is 2.75. The molecule has 1 N–H and O–H groups in total. The third-order valence-corrected chi connectivity index (χ3v) is 3.18. The summed E-state index contributed by atoms with van der Waals surface area (Å²) in [5, 5.41) is 8.86. The minimum atomic E-state index is 0.301. The number of hydrogen-bond acceptors (Lipinski definition) is 4.